The molecule has 1 amide bonds. The summed E-state index contributed by atoms with van der Waals surface area (Å²) in [5.74, 6) is -0.389. The van der Waals surface area contributed by atoms with E-state index < -0.39 is 11.9 Å². The lowest BCUT2D eigenvalue weighted by molar-refractivity contribution is -0.140. The first-order valence-electron chi connectivity index (χ1n) is 10.1. The summed E-state index contributed by atoms with van der Waals surface area (Å²) in [6, 6.07) is 10.6. The number of amides is 1. The van der Waals surface area contributed by atoms with Gasteiger partial charge in [0.05, 0.1) is 5.56 Å². The Kier molecular flexibility index (Phi) is 5.76. The fourth-order valence-corrected chi connectivity index (χ4v) is 3.71. The van der Waals surface area contributed by atoms with E-state index >= 15 is 0 Å². The van der Waals surface area contributed by atoms with Crippen LogP contribution in [0.5, 0.6) is 0 Å². The van der Waals surface area contributed by atoms with E-state index in [-0.39, 0.29) is 17.1 Å². The molecule has 3 heterocycles. The van der Waals surface area contributed by atoms with E-state index in [9.17, 15) is 18.0 Å². The summed E-state index contributed by atoms with van der Waals surface area (Å²) in [5.41, 5.74) is 1.23. The number of likely N-dealkylation sites (tertiary alicyclic amines) is 1. The van der Waals surface area contributed by atoms with Gasteiger partial charge >= 0.3 is 6.18 Å². The van der Waals surface area contributed by atoms with Crippen molar-refractivity contribution in [1.82, 2.24) is 14.3 Å². The molecule has 158 valence electrons. The normalized spacial score (nSPS) is 15.8. The lowest BCUT2D eigenvalue weighted by Gasteiger charge is -2.19. The van der Waals surface area contributed by atoms with Gasteiger partial charge in [-0.25, -0.2) is 4.98 Å². The fourth-order valence-electron chi connectivity index (χ4n) is 3.71. The maximum atomic E-state index is 12.8. The third-order valence-electron chi connectivity index (χ3n) is 5.32. The van der Waals surface area contributed by atoms with Crippen LogP contribution in [-0.4, -0.2) is 33.3 Å². The molecule has 0 saturated carbocycles. The quantitative estimate of drug-likeness (QED) is 0.653. The predicted octanol–water partition coefficient (Wildman–Crippen LogP) is 4.98. The van der Waals surface area contributed by atoms with E-state index in [0.717, 1.165) is 25.8 Å². The van der Waals surface area contributed by atoms with Crippen molar-refractivity contribution in [2.75, 3.05) is 18.4 Å². The Morgan fingerprint density at radius 2 is 1.67 bits per heavy atom. The maximum absolute atomic E-state index is 12.8. The number of hydrogen-bond acceptors (Lipinski definition) is 3. The summed E-state index contributed by atoms with van der Waals surface area (Å²) >= 11 is 0. The van der Waals surface area contributed by atoms with Crippen molar-refractivity contribution in [2.45, 2.75) is 38.4 Å². The highest BCUT2D eigenvalue weighted by molar-refractivity contribution is 6.04. The van der Waals surface area contributed by atoms with Crippen LogP contribution < -0.4 is 5.32 Å². The number of anilines is 1. The monoisotopic (exact) mass is 416 g/mol. The first kappa shape index (κ1) is 20.4. The van der Waals surface area contributed by atoms with Crippen molar-refractivity contribution in [3.8, 4) is 0 Å². The first-order chi connectivity index (χ1) is 14.4. The van der Waals surface area contributed by atoms with Gasteiger partial charge in [-0.3, -0.25) is 9.69 Å². The minimum atomic E-state index is -4.52. The lowest BCUT2D eigenvalue weighted by Crippen LogP contribution is -2.23. The molecule has 3 aromatic rings. The number of hydrogen-bond donors (Lipinski definition) is 1. The highest BCUT2D eigenvalue weighted by Gasteiger charge is 2.33. The molecule has 0 spiro atoms. The number of aromatic nitrogens is 2. The molecular formula is C22H23F3N4O. The summed E-state index contributed by atoms with van der Waals surface area (Å²) in [7, 11) is 0. The summed E-state index contributed by atoms with van der Waals surface area (Å²) < 4.78 is 39.7. The van der Waals surface area contributed by atoms with Crippen molar-refractivity contribution in [2.24, 2.45) is 0 Å². The third-order valence-corrected chi connectivity index (χ3v) is 5.32. The van der Waals surface area contributed by atoms with Gasteiger partial charge in [0.2, 0.25) is 0 Å². The van der Waals surface area contributed by atoms with Crippen LogP contribution in [0.4, 0.5) is 18.9 Å². The zero-order valence-electron chi connectivity index (χ0n) is 16.5. The van der Waals surface area contributed by atoms with Crippen LogP contribution in [0.2, 0.25) is 0 Å². The Balaban J connectivity index is 1.41. The number of imidazole rings is 1. The zero-order valence-corrected chi connectivity index (χ0v) is 16.5. The number of pyridine rings is 1. The van der Waals surface area contributed by atoms with Crippen LogP contribution in [0.25, 0.3) is 5.65 Å². The molecule has 0 radical (unpaired) electrons. The molecule has 30 heavy (non-hydrogen) atoms. The molecule has 1 fully saturated rings. The minimum Gasteiger partial charge on any atom is -0.322 e. The largest absolute Gasteiger partial charge is 0.434 e. The molecular weight excluding hydrogens is 393 g/mol. The van der Waals surface area contributed by atoms with Gasteiger partial charge in [0.25, 0.3) is 5.91 Å². The molecule has 1 saturated heterocycles. The van der Waals surface area contributed by atoms with Gasteiger partial charge in [0.1, 0.15) is 5.65 Å². The van der Waals surface area contributed by atoms with Gasteiger partial charge < -0.3 is 9.72 Å². The topological polar surface area (TPSA) is 49.6 Å². The standard InChI is InChI=1S/C22H23F3N4O/c23-22(24,25)19-15-29-14-17(7-10-20(29)27-19)21(30)26-18-8-5-16(6-9-18)13-28-11-3-1-2-4-12-28/h5-10,14-15H,1-4,11-13H2,(H,26,30). The second-order valence-electron chi connectivity index (χ2n) is 7.65. The number of rotatable bonds is 4. The molecule has 2 aromatic heterocycles. The van der Waals surface area contributed by atoms with E-state index in [0.29, 0.717) is 5.69 Å². The highest BCUT2D eigenvalue weighted by Crippen LogP contribution is 2.28. The van der Waals surface area contributed by atoms with E-state index in [1.54, 1.807) is 0 Å². The molecule has 1 aromatic carbocycles. The summed E-state index contributed by atoms with van der Waals surface area (Å²) in [6.07, 6.45) is 2.77. The molecule has 0 bridgehead atoms. The summed E-state index contributed by atoms with van der Waals surface area (Å²) in [4.78, 5) is 18.5. The van der Waals surface area contributed by atoms with Gasteiger partial charge in [-0.05, 0) is 55.8 Å². The molecule has 0 atom stereocenters. The van der Waals surface area contributed by atoms with E-state index in [1.807, 2.05) is 24.3 Å². The first-order valence-corrected chi connectivity index (χ1v) is 10.1. The molecule has 0 aliphatic carbocycles. The van der Waals surface area contributed by atoms with Crippen molar-refractivity contribution in [3.05, 3.63) is 65.6 Å². The number of halogens is 3. The average molecular weight is 416 g/mol. The molecule has 8 heteroatoms. The van der Waals surface area contributed by atoms with Crippen molar-refractivity contribution >= 4 is 17.2 Å². The number of alkyl halides is 3. The van der Waals surface area contributed by atoms with Crippen molar-refractivity contribution in [3.63, 3.8) is 0 Å². The Bertz CT molecular complexity index is 1020. The van der Waals surface area contributed by atoms with Crippen LogP contribution in [0.15, 0.2) is 48.8 Å². The zero-order chi connectivity index (χ0) is 21.1. The van der Waals surface area contributed by atoms with E-state index in [4.69, 9.17) is 0 Å². The highest BCUT2D eigenvalue weighted by atomic mass is 19.4. The van der Waals surface area contributed by atoms with Crippen LogP contribution >= 0.6 is 0 Å². The predicted molar refractivity (Wildman–Crippen MR) is 108 cm³/mol. The van der Waals surface area contributed by atoms with Gasteiger partial charge in [-0.15, -0.1) is 0 Å². The van der Waals surface area contributed by atoms with Crippen molar-refractivity contribution in [1.29, 1.82) is 0 Å². The van der Waals surface area contributed by atoms with Crippen LogP contribution in [0, 0.1) is 0 Å². The van der Waals surface area contributed by atoms with Gasteiger partial charge in [-0.2, -0.15) is 13.2 Å². The minimum absolute atomic E-state index is 0.136. The molecule has 0 unspecified atom stereocenters. The maximum Gasteiger partial charge on any atom is 0.434 e. The number of fused-ring (bicyclic) bond motifs is 1. The SMILES string of the molecule is O=C(Nc1ccc(CN2CCCCCC2)cc1)c1ccc2nc(C(F)(F)F)cn2c1. The van der Waals surface area contributed by atoms with Crippen LogP contribution in [0.1, 0.15) is 47.3 Å². The molecule has 4 rings (SSSR count). The Labute approximate surface area is 172 Å². The Morgan fingerprint density at radius 3 is 2.33 bits per heavy atom. The number of carbonyl (C=O) groups excluding carboxylic acids is 1. The molecule has 1 N–H and O–H groups in total. The second kappa shape index (κ2) is 8.47. The van der Waals surface area contributed by atoms with Gasteiger partial charge in [0.15, 0.2) is 5.69 Å². The van der Waals surface area contributed by atoms with E-state index in [2.05, 4.69) is 15.2 Å². The van der Waals surface area contributed by atoms with Gasteiger partial charge in [-0.1, -0.05) is 25.0 Å². The second-order valence-corrected chi connectivity index (χ2v) is 7.65. The Hall–Kier alpha value is -2.87. The van der Waals surface area contributed by atoms with Crippen LogP contribution in [-0.2, 0) is 12.7 Å². The summed E-state index contributed by atoms with van der Waals surface area (Å²) in [6.45, 7) is 3.13. The molecule has 5 nitrogen and oxygen atoms in total. The molecule has 1 aliphatic heterocycles. The lowest BCUT2D eigenvalue weighted by atomic mass is 10.1. The number of nitrogens with zero attached hydrogens (tertiary/aromatic N) is 3. The van der Waals surface area contributed by atoms with Crippen LogP contribution in [0.3, 0.4) is 0 Å². The number of nitrogens with one attached hydrogen (secondary N) is 1. The van der Waals surface area contributed by atoms with E-state index in [1.165, 1.54) is 54.0 Å². The smallest absolute Gasteiger partial charge is 0.322 e. The number of carbonyl (C=O) groups is 1. The third kappa shape index (κ3) is 4.81. The average Bonchev–Trinajstić information content (AvgIpc) is 3.00. The molecule has 1 aliphatic rings. The summed E-state index contributed by atoms with van der Waals surface area (Å²) in [5, 5.41) is 2.79. The van der Waals surface area contributed by atoms with Crippen molar-refractivity contribution < 1.29 is 18.0 Å². The number of benzene rings is 1. The Morgan fingerprint density at radius 1 is 0.967 bits per heavy atom. The fraction of sp³-hybridized carbons (Fsp3) is 0.364. The van der Waals surface area contributed by atoms with Gasteiger partial charge in [0, 0.05) is 24.6 Å².